The van der Waals surface area contributed by atoms with Crippen LogP contribution in [0.5, 0.6) is 0 Å². The smallest absolute Gasteiger partial charge is 0.261 e. The minimum atomic E-state index is -0.0461. The Morgan fingerprint density at radius 2 is 2.17 bits per heavy atom. The van der Waals surface area contributed by atoms with Crippen LogP contribution in [0, 0.1) is 6.92 Å². The average molecular weight is 342 g/mol. The van der Waals surface area contributed by atoms with Crippen molar-refractivity contribution in [2.24, 2.45) is 0 Å². The van der Waals surface area contributed by atoms with Crippen LogP contribution in [0.2, 0.25) is 5.15 Å². The molecule has 4 rings (SSSR count). The number of nitrogens with zero attached hydrogens (tertiary/aromatic N) is 3. The largest absolute Gasteiger partial charge is 0.306 e. The van der Waals surface area contributed by atoms with Gasteiger partial charge in [-0.05, 0) is 50.7 Å². The van der Waals surface area contributed by atoms with Crippen molar-refractivity contribution in [1.29, 1.82) is 0 Å². The Bertz CT molecular complexity index is 807. The molecule has 1 saturated heterocycles. The molecular weight excluding hydrogens is 322 g/mol. The number of rotatable bonds is 1. The Morgan fingerprint density at radius 3 is 2.96 bits per heavy atom. The number of halogens is 1. The predicted molar refractivity (Wildman–Crippen MR) is 95.9 cm³/mol. The topological polar surface area (TPSA) is 36.4 Å². The number of amides is 1. The van der Waals surface area contributed by atoms with E-state index >= 15 is 0 Å². The van der Waals surface area contributed by atoms with E-state index in [0.29, 0.717) is 11.5 Å². The molecule has 124 valence electrons. The maximum absolute atomic E-state index is 13.2. The number of carbonyl (C=O) groups is 1. The summed E-state index contributed by atoms with van der Waals surface area (Å²) >= 11 is 6.18. The van der Waals surface area contributed by atoms with Crippen LogP contribution in [0.3, 0.4) is 0 Å². The Hall–Kier alpha value is -1.91. The van der Waals surface area contributed by atoms with E-state index in [-0.39, 0.29) is 17.1 Å². The Kier molecular flexibility index (Phi) is 3.82. The second-order valence-electron chi connectivity index (χ2n) is 6.80. The molecule has 4 nitrogen and oxygen atoms in total. The predicted octanol–water partition coefficient (Wildman–Crippen LogP) is 3.49. The van der Waals surface area contributed by atoms with Crippen LogP contribution in [0.4, 0.5) is 5.69 Å². The first-order valence-corrected chi connectivity index (χ1v) is 8.67. The number of aromatic nitrogens is 1. The van der Waals surface area contributed by atoms with Gasteiger partial charge in [0.05, 0.1) is 5.56 Å². The van der Waals surface area contributed by atoms with Crippen LogP contribution in [0.1, 0.15) is 33.8 Å². The summed E-state index contributed by atoms with van der Waals surface area (Å²) in [6.45, 7) is 4.08. The molecule has 1 amide bonds. The van der Waals surface area contributed by atoms with E-state index in [1.54, 1.807) is 18.3 Å². The molecule has 2 atom stereocenters. The number of likely N-dealkylation sites (N-methyl/N-ethyl adjacent to an activating group) is 1. The molecule has 2 aromatic rings. The van der Waals surface area contributed by atoms with Crippen LogP contribution < -0.4 is 4.90 Å². The van der Waals surface area contributed by atoms with Gasteiger partial charge in [0.2, 0.25) is 0 Å². The fourth-order valence-electron chi connectivity index (χ4n) is 4.02. The van der Waals surface area contributed by atoms with Gasteiger partial charge in [0.15, 0.2) is 0 Å². The number of carbonyl (C=O) groups excluding carboxylic acids is 1. The van der Waals surface area contributed by atoms with Crippen molar-refractivity contribution in [3.05, 3.63) is 58.4 Å². The minimum Gasteiger partial charge on any atom is -0.306 e. The third-order valence-corrected chi connectivity index (χ3v) is 5.46. The first-order chi connectivity index (χ1) is 11.6. The zero-order valence-corrected chi connectivity index (χ0v) is 14.6. The van der Waals surface area contributed by atoms with Crippen LogP contribution in [-0.2, 0) is 0 Å². The molecule has 5 heteroatoms. The second-order valence-corrected chi connectivity index (χ2v) is 7.16. The number of anilines is 1. The summed E-state index contributed by atoms with van der Waals surface area (Å²) in [6, 6.07) is 10.1. The van der Waals surface area contributed by atoms with Crippen molar-refractivity contribution < 1.29 is 4.79 Å². The highest BCUT2D eigenvalue weighted by molar-refractivity contribution is 6.33. The molecule has 0 aliphatic carbocycles. The number of hydrogen-bond acceptors (Lipinski definition) is 3. The monoisotopic (exact) mass is 341 g/mol. The molecule has 0 saturated carbocycles. The van der Waals surface area contributed by atoms with Gasteiger partial charge in [0, 0.05) is 30.4 Å². The van der Waals surface area contributed by atoms with Gasteiger partial charge >= 0.3 is 0 Å². The van der Waals surface area contributed by atoms with Gasteiger partial charge in [-0.3, -0.25) is 4.79 Å². The van der Waals surface area contributed by atoms with E-state index in [1.807, 2.05) is 4.90 Å². The van der Waals surface area contributed by atoms with Gasteiger partial charge in [0.25, 0.3) is 5.91 Å². The number of benzene rings is 1. The fraction of sp³-hybridized carbons (Fsp3) is 0.368. The molecule has 0 spiro atoms. The fourth-order valence-corrected chi connectivity index (χ4v) is 4.22. The van der Waals surface area contributed by atoms with Crippen molar-refractivity contribution in [3.63, 3.8) is 0 Å². The van der Waals surface area contributed by atoms with Crippen LogP contribution >= 0.6 is 11.6 Å². The summed E-state index contributed by atoms with van der Waals surface area (Å²) in [5.41, 5.74) is 4.01. The van der Waals surface area contributed by atoms with Crippen LogP contribution in [0.15, 0.2) is 36.5 Å². The highest BCUT2D eigenvalue weighted by atomic mass is 35.5. The lowest BCUT2D eigenvalue weighted by Gasteiger charge is -2.36. The van der Waals surface area contributed by atoms with Crippen molar-refractivity contribution in [1.82, 2.24) is 9.88 Å². The van der Waals surface area contributed by atoms with E-state index in [9.17, 15) is 4.79 Å². The first-order valence-electron chi connectivity index (χ1n) is 8.29. The molecule has 1 fully saturated rings. The zero-order chi connectivity index (χ0) is 16.8. The van der Waals surface area contributed by atoms with E-state index in [1.165, 1.54) is 11.1 Å². The van der Waals surface area contributed by atoms with Crippen molar-refractivity contribution in [3.8, 4) is 0 Å². The highest BCUT2D eigenvalue weighted by Gasteiger charge is 2.44. The Balaban J connectivity index is 1.81. The van der Waals surface area contributed by atoms with Crippen molar-refractivity contribution in [2.75, 3.05) is 25.0 Å². The number of piperidine rings is 1. The van der Waals surface area contributed by atoms with Gasteiger partial charge < -0.3 is 9.80 Å². The maximum Gasteiger partial charge on any atom is 0.261 e. The van der Waals surface area contributed by atoms with Crippen molar-refractivity contribution >= 4 is 23.2 Å². The molecule has 0 N–H and O–H groups in total. The standard InChI is InChI=1S/C19H20ClN3O/c1-12-5-6-16-14(10-12)15-11-22(2)9-7-17(15)23(16)19(24)13-4-3-8-21-18(13)20/h3-6,8,10,15,17H,7,9,11H2,1-2H3/t15-,17+/m0/s1. The third kappa shape index (κ3) is 2.41. The van der Waals surface area contributed by atoms with E-state index in [2.05, 4.69) is 42.1 Å². The average Bonchev–Trinajstić information content (AvgIpc) is 2.88. The van der Waals surface area contributed by atoms with Crippen molar-refractivity contribution in [2.45, 2.75) is 25.3 Å². The summed E-state index contributed by atoms with van der Waals surface area (Å²) in [4.78, 5) is 21.6. The van der Waals surface area contributed by atoms with Gasteiger partial charge in [-0.25, -0.2) is 4.98 Å². The Labute approximate surface area is 147 Å². The number of likely N-dealkylation sites (tertiary alicyclic amines) is 1. The lowest BCUT2D eigenvalue weighted by Crippen LogP contribution is -2.47. The minimum absolute atomic E-state index is 0.0461. The number of pyridine rings is 1. The van der Waals surface area contributed by atoms with Gasteiger partial charge in [0.1, 0.15) is 5.15 Å². The van der Waals surface area contributed by atoms with Gasteiger partial charge in [-0.1, -0.05) is 29.3 Å². The molecule has 2 aliphatic rings. The zero-order valence-electron chi connectivity index (χ0n) is 13.9. The molecular formula is C19H20ClN3O. The number of hydrogen-bond donors (Lipinski definition) is 0. The number of fused-ring (bicyclic) bond motifs is 3. The summed E-state index contributed by atoms with van der Waals surface area (Å²) in [6.07, 6.45) is 2.58. The molecule has 2 aliphatic heterocycles. The molecule has 24 heavy (non-hydrogen) atoms. The second kappa shape index (κ2) is 5.87. The lowest BCUT2D eigenvalue weighted by atomic mass is 9.89. The summed E-state index contributed by atoms with van der Waals surface area (Å²) < 4.78 is 0. The third-order valence-electron chi connectivity index (χ3n) is 5.16. The first kappa shape index (κ1) is 15.6. The Morgan fingerprint density at radius 1 is 1.33 bits per heavy atom. The van der Waals surface area contributed by atoms with Gasteiger partial charge in [-0.2, -0.15) is 0 Å². The molecule has 0 radical (unpaired) electrons. The summed E-state index contributed by atoms with van der Waals surface area (Å²) in [5.74, 6) is 0.313. The van der Waals surface area contributed by atoms with Crippen LogP contribution in [0.25, 0.3) is 0 Å². The van der Waals surface area contributed by atoms with E-state index in [4.69, 9.17) is 11.6 Å². The molecule has 0 bridgehead atoms. The SMILES string of the molecule is Cc1ccc2c(c1)[C@@H]1CN(C)CC[C@H]1N2C(=O)c1cccnc1Cl. The van der Waals surface area contributed by atoms with E-state index in [0.717, 1.165) is 25.2 Å². The molecule has 3 heterocycles. The van der Waals surface area contributed by atoms with Crippen LogP contribution in [-0.4, -0.2) is 42.0 Å². The molecule has 1 aromatic heterocycles. The van der Waals surface area contributed by atoms with Gasteiger partial charge in [-0.15, -0.1) is 0 Å². The molecule has 0 unspecified atom stereocenters. The summed E-state index contributed by atoms with van der Waals surface area (Å²) in [5, 5.41) is 0.271. The maximum atomic E-state index is 13.2. The highest BCUT2D eigenvalue weighted by Crippen LogP contribution is 2.45. The molecule has 1 aromatic carbocycles. The lowest BCUT2D eigenvalue weighted by molar-refractivity contribution is 0.0964. The quantitative estimate of drug-likeness (QED) is 0.745. The number of aryl methyl sites for hydroxylation is 1. The van der Waals surface area contributed by atoms with E-state index < -0.39 is 0 Å². The normalized spacial score (nSPS) is 23.0. The summed E-state index contributed by atoms with van der Waals surface area (Å²) in [7, 11) is 2.15.